The molecule has 16 heavy (non-hydrogen) atoms. The fourth-order valence-corrected chi connectivity index (χ4v) is 5.85. The third kappa shape index (κ3) is 1.68. The molecule has 4 rings (SSSR count). The summed E-state index contributed by atoms with van der Waals surface area (Å²) in [6.07, 6.45) is 13.2. The van der Waals surface area contributed by atoms with Crippen LogP contribution in [-0.2, 0) is 0 Å². The van der Waals surface area contributed by atoms with Crippen LogP contribution >= 0.6 is 0 Å². The Kier molecular flexibility index (Phi) is 2.68. The largest absolute Gasteiger partial charge is 0.0882 e. The predicted octanol–water partition coefficient (Wildman–Crippen LogP) is 3.53. The van der Waals surface area contributed by atoms with Crippen LogP contribution in [0.5, 0.6) is 0 Å². The van der Waals surface area contributed by atoms with Crippen molar-refractivity contribution in [2.45, 2.75) is 64.0 Å². The van der Waals surface area contributed by atoms with Crippen molar-refractivity contribution in [1.82, 2.24) is 0 Å². The fourth-order valence-electron chi connectivity index (χ4n) is 5.85. The molecule has 0 aromatic carbocycles. The van der Waals surface area contributed by atoms with Crippen molar-refractivity contribution in [3.63, 3.8) is 0 Å². The molecule has 0 heterocycles. The van der Waals surface area contributed by atoms with Gasteiger partial charge in [0.05, 0.1) is 15.7 Å². The van der Waals surface area contributed by atoms with Crippen molar-refractivity contribution < 1.29 is 0 Å². The van der Waals surface area contributed by atoms with E-state index >= 15 is 0 Å². The summed E-state index contributed by atoms with van der Waals surface area (Å²) in [5.74, 6) is 2.03. The topological polar surface area (TPSA) is 0 Å². The summed E-state index contributed by atoms with van der Waals surface area (Å²) in [6, 6.07) is 0. The van der Waals surface area contributed by atoms with Crippen LogP contribution in [0.2, 0.25) is 12.6 Å². The summed E-state index contributed by atoms with van der Waals surface area (Å²) in [5, 5.41) is 0. The van der Waals surface area contributed by atoms with Crippen LogP contribution in [0.3, 0.4) is 0 Å². The minimum absolute atomic E-state index is 0.633. The molecule has 0 spiro atoms. The second kappa shape index (κ2) is 3.82. The average molecular weight is 212 g/mol. The molecule has 4 aliphatic rings. The van der Waals surface area contributed by atoms with Gasteiger partial charge in [-0.1, -0.05) is 25.5 Å². The molecule has 2 heteroatoms. The highest BCUT2D eigenvalue weighted by atomic mass is 14.6. The van der Waals surface area contributed by atoms with Crippen molar-refractivity contribution in [1.29, 1.82) is 0 Å². The van der Waals surface area contributed by atoms with Gasteiger partial charge in [-0.2, -0.15) is 0 Å². The molecule has 0 N–H and O–H groups in total. The van der Waals surface area contributed by atoms with Gasteiger partial charge in [-0.05, 0) is 61.2 Å². The molecule has 0 saturated heterocycles. The maximum absolute atomic E-state index is 5.84. The molecule has 4 aliphatic carbocycles. The molecular weight excluding hydrogens is 190 g/mol. The maximum atomic E-state index is 5.84. The Bertz CT molecular complexity index is 236. The van der Waals surface area contributed by atoms with E-state index in [0.717, 1.165) is 24.5 Å². The van der Waals surface area contributed by atoms with E-state index in [-0.39, 0.29) is 0 Å². The van der Waals surface area contributed by atoms with Gasteiger partial charge in [0.25, 0.3) is 0 Å². The van der Waals surface area contributed by atoms with E-state index in [4.69, 9.17) is 15.7 Å². The van der Waals surface area contributed by atoms with E-state index in [0.29, 0.717) is 10.8 Å². The van der Waals surface area contributed by atoms with Gasteiger partial charge < -0.3 is 0 Å². The van der Waals surface area contributed by atoms with Crippen LogP contribution in [0.4, 0.5) is 0 Å². The maximum Gasteiger partial charge on any atom is 0.0653 e. The van der Waals surface area contributed by atoms with Gasteiger partial charge in [-0.3, -0.25) is 0 Å². The van der Waals surface area contributed by atoms with E-state index in [2.05, 4.69) is 0 Å². The van der Waals surface area contributed by atoms with E-state index in [9.17, 15) is 0 Å². The quantitative estimate of drug-likeness (QED) is 0.625. The second-order valence-electron chi connectivity index (χ2n) is 7.04. The van der Waals surface area contributed by atoms with Gasteiger partial charge >= 0.3 is 0 Å². The molecule has 84 valence electrons. The highest BCUT2D eigenvalue weighted by molar-refractivity contribution is 6.08. The summed E-state index contributed by atoms with van der Waals surface area (Å²) in [7, 11) is 11.7. The molecule has 0 aliphatic heterocycles. The van der Waals surface area contributed by atoms with Crippen LogP contribution in [0, 0.1) is 22.7 Å². The Morgan fingerprint density at radius 1 is 0.812 bits per heavy atom. The molecule has 4 radical (unpaired) electrons. The first-order valence-corrected chi connectivity index (χ1v) is 7.09. The molecule has 0 aromatic heterocycles. The summed E-state index contributed by atoms with van der Waals surface area (Å²) in [5.41, 5.74) is 1.27. The van der Waals surface area contributed by atoms with Gasteiger partial charge in [-0.25, -0.2) is 0 Å². The second-order valence-corrected chi connectivity index (χ2v) is 7.04. The van der Waals surface area contributed by atoms with Gasteiger partial charge in [0.1, 0.15) is 0 Å². The zero-order chi connectivity index (χ0) is 11.2. The van der Waals surface area contributed by atoms with E-state index in [1.165, 1.54) is 51.4 Å². The fraction of sp³-hybridized carbons (Fsp3) is 1.00. The molecule has 0 nitrogen and oxygen atoms in total. The first-order chi connectivity index (χ1) is 7.69. The highest BCUT2D eigenvalue weighted by Gasteiger charge is 2.56. The SMILES string of the molecule is [B]CCC12CC3CC(C1)CC(CC[B])(C3)C2. The zero-order valence-electron chi connectivity index (χ0n) is 10.4. The lowest BCUT2D eigenvalue weighted by molar-refractivity contribution is -0.113. The average Bonchev–Trinajstić information content (AvgIpc) is 2.14. The van der Waals surface area contributed by atoms with Crippen molar-refractivity contribution in [3.8, 4) is 0 Å². The lowest BCUT2D eigenvalue weighted by Crippen LogP contribution is -2.51. The number of hydrogen-bond donors (Lipinski definition) is 0. The Labute approximate surface area is 103 Å². The van der Waals surface area contributed by atoms with Crippen molar-refractivity contribution in [2.75, 3.05) is 0 Å². The molecule has 4 bridgehead atoms. The molecule has 0 aromatic rings. The smallest absolute Gasteiger partial charge is 0.0653 e. The molecular formula is C14H22B2. The van der Waals surface area contributed by atoms with Gasteiger partial charge in [0, 0.05) is 0 Å². The zero-order valence-corrected chi connectivity index (χ0v) is 10.4. The summed E-state index contributed by atoms with van der Waals surface area (Å²) in [6.45, 7) is 0. The van der Waals surface area contributed by atoms with Crippen LogP contribution in [-0.4, -0.2) is 15.7 Å². The Morgan fingerprint density at radius 2 is 1.25 bits per heavy atom. The molecule has 0 amide bonds. The van der Waals surface area contributed by atoms with Crippen LogP contribution in [0.25, 0.3) is 0 Å². The normalized spacial score (nSPS) is 49.8. The minimum atomic E-state index is 0.633. The monoisotopic (exact) mass is 212 g/mol. The minimum Gasteiger partial charge on any atom is -0.0882 e. The van der Waals surface area contributed by atoms with E-state index in [1.807, 2.05) is 0 Å². The Morgan fingerprint density at radius 3 is 1.62 bits per heavy atom. The number of rotatable bonds is 4. The Hall–Kier alpha value is 0.130. The van der Waals surface area contributed by atoms with Crippen molar-refractivity contribution in [2.24, 2.45) is 22.7 Å². The third-order valence-electron chi connectivity index (χ3n) is 5.65. The van der Waals surface area contributed by atoms with Gasteiger partial charge in [0.2, 0.25) is 0 Å². The van der Waals surface area contributed by atoms with Gasteiger partial charge in [-0.15, -0.1) is 0 Å². The molecule has 4 fully saturated rings. The summed E-state index contributed by atoms with van der Waals surface area (Å²) >= 11 is 0. The molecule has 0 unspecified atom stereocenters. The number of hydrogen-bond acceptors (Lipinski definition) is 0. The van der Waals surface area contributed by atoms with E-state index < -0.39 is 0 Å². The standard InChI is InChI=1S/C14H22B2/c15-3-1-13-6-11-5-12(7-13)9-14(8-11,10-13)2-4-16/h11-12H,1-10H2. The van der Waals surface area contributed by atoms with E-state index in [1.54, 1.807) is 0 Å². The van der Waals surface area contributed by atoms with Gasteiger partial charge in [0.15, 0.2) is 0 Å². The third-order valence-corrected chi connectivity index (χ3v) is 5.65. The van der Waals surface area contributed by atoms with Crippen molar-refractivity contribution >= 4 is 15.7 Å². The predicted molar refractivity (Wildman–Crippen MR) is 69.9 cm³/mol. The van der Waals surface area contributed by atoms with Crippen LogP contribution in [0.15, 0.2) is 0 Å². The lowest BCUT2D eigenvalue weighted by Gasteiger charge is -2.63. The van der Waals surface area contributed by atoms with Crippen LogP contribution < -0.4 is 0 Å². The first kappa shape index (κ1) is 11.2. The summed E-state index contributed by atoms with van der Waals surface area (Å²) in [4.78, 5) is 0. The molecule has 4 saturated carbocycles. The van der Waals surface area contributed by atoms with Crippen LogP contribution in [0.1, 0.15) is 51.4 Å². The lowest BCUT2D eigenvalue weighted by atomic mass is 9.42. The highest BCUT2D eigenvalue weighted by Crippen LogP contribution is 2.67. The Balaban J connectivity index is 1.85. The summed E-state index contributed by atoms with van der Waals surface area (Å²) < 4.78 is 0. The molecule has 0 atom stereocenters. The first-order valence-electron chi connectivity index (χ1n) is 7.09. The van der Waals surface area contributed by atoms with Crippen molar-refractivity contribution in [3.05, 3.63) is 0 Å².